The lowest BCUT2D eigenvalue weighted by atomic mass is 10.2. The first kappa shape index (κ1) is 18.0. The Morgan fingerprint density at radius 1 is 1.26 bits per heavy atom. The van der Waals surface area contributed by atoms with E-state index in [1.807, 2.05) is 37.3 Å². The lowest BCUT2D eigenvalue weighted by Crippen LogP contribution is -2.26. The van der Waals surface area contributed by atoms with E-state index >= 15 is 0 Å². The average molecular weight is 460 g/mol. The van der Waals surface area contributed by atoms with Crippen LogP contribution in [0.1, 0.15) is 11.1 Å². The quantitative estimate of drug-likeness (QED) is 0.502. The third kappa shape index (κ3) is 5.34. The molecule has 0 unspecified atom stereocenters. The zero-order chi connectivity index (χ0) is 16.8. The van der Waals surface area contributed by atoms with Crippen LogP contribution in [0.25, 0.3) is 0 Å². The highest BCUT2D eigenvalue weighted by Gasteiger charge is 2.07. The maximum atomic E-state index is 11.8. The molecule has 0 aliphatic heterocycles. The summed E-state index contributed by atoms with van der Waals surface area (Å²) >= 11 is 12.9. The summed E-state index contributed by atoms with van der Waals surface area (Å²) in [4.78, 5) is 11.8. The highest BCUT2D eigenvalue weighted by atomic mass is 79.9. The zero-order valence-corrected chi connectivity index (χ0v) is 16.2. The van der Waals surface area contributed by atoms with Gasteiger partial charge >= 0.3 is 0 Å². The Balaban J connectivity index is 1.90. The van der Waals surface area contributed by atoms with Crippen molar-refractivity contribution in [1.29, 1.82) is 0 Å². The number of amides is 1. The van der Waals surface area contributed by atoms with Gasteiger partial charge in [-0.1, -0.05) is 29.8 Å². The SMILES string of the molecule is Cc1cc(Br)c(NCC(=O)NN=Cc2ccccc2Cl)c(Br)c1. The number of nitrogens with zero attached hydrogens (tertiary/aromatic N) is 1. The van der Waals surface area contributed by atoms with Crippen molar-refractivity contribution in [2.24, 2.45) is 5.10 Å². The molecule has 1 amide bonds. The molecule has 4 nitrogen and oxygen atoms in total. The Bertz CT molecular complexity index is 727. The summed E-state index contributed by atoms with van der Waals surface area (Å²) in [6.07, 6.45) is 1.51. The number of benzene rings is 2. The summed E-state index contributed by atoms with van der Waals surface area (Å²) in [6.45, 7) is 2.09. The highest BCUT2D eigenvalue weighted by Crippen LogP contribution is 2.32. The molecule has 2 aromatic carbocycles. The number of carbonyl (C=O) groups is 1. The van der Waals surface area contributed by atoms with E-state index in [1.54, 1.807) is 6.07 Å². The smallest absolute Gasteiger partial charge is 0.259 e. The number of carbonyl (C=O) groups excluding carboxylic acids is 1. The van der Waals surface area contributed by atoms with E-state index in [9.17, 15) is 4.79 Å². The molecule has 0 saturated heterocycles. The fourth-order valence-corrected chi connectivity index (χ4v) is 3.71. The van der Waals surface area contributed by atoms with E-state index in [4.69, 9.17) is 11.6 Å². The van der Waals surface area contributed by atoms with Crippen molar-refractivity contribution in [2.75, 3.05) is 11.9 Å². The summed E-state index contributed by atoms with van der Waals surface area (Å²) in [5.41, 5.74) is 5.13. The minimum atomic E-state index is -0.257. The lowest BCUT2D eigenvalue weighted by molar-refractivity contribution is -0.119. The fourth-order valence-electron chi connectivity index (χ4n) is 1.83. The Morgan fingerprint density at radius 3 is 2.57 bits per heavy atom. The Kier molecular flexibility index (Phi) is 6.62. The maximum Gasteiger partial charge on any atom is 0.259 e. The second-order valence-electron chi connectivity index (χ2n) is 4.77. The molecule has 0 spiro atoms. The largest absolute Gasteiger partial charge is 0.374 e. The molecule has 7 heteroatoms. The number of halogens is 3. The van der Waals surface area contributed by atoms with Gasteiger partial charge in [-0.05, 0) is 62.5 Å². The summed E-state index contributed by atoms with van der Waals surface area (Å²) in [6, 6.07) is 11.2. The Labute approximate surface area is 156 Å². The number of aryl methyl sites for hydroxylation is 1. The molecule has 0 saturated carbocycles. The van der Waals surface area contributed by atoms with Crippen LogP contribution in [0.15, 0.2) is 50.4 Å². The van der Waals surface area contributed by atoms with E-state index in [-0.39, 0.29) is 12.5 Å². The summed E-state index contributed by atoms with van der Waals surface area (Å²) < 4.78 is 1.77. The van der Waals surface area contributed by atoms with Crippen LogP contribution in [-0.2, 0) is 4.79 Å². The molecule has 120 valence electrons. The van der Waals surface area contributed by atoms with Gasteiger partial charge in [-0.2, -0.15) is 5.10 Å². The van der Waals surface area contributed by atoms with Crippen LogP contribution in [0.5, 0.6) is 0 Å². The monoisotopic (exact) mass is 457 g/mol. The zero-order valence-electron chi connectivity index (χ0n) is 12.2. The predicted molar refractivity (Wildman–Crippen MR) is 102 cm³/mol. The van der Waals surface area contributed by atoms with E-state index in [0.717, 1.165) is 25.8 Å². The van der Waals surface area contributed by atoms with Crippen molar-refractivity contribution in [2.45, 2.75) is 6.92 Å². The molecule has 0 atom stereocenters. The first-order chi connectivity index (χ1) is 11.0. The van der Waals surface area contributed by atoms with Crippen molar-refractivity contribution < 1.29 is 4.79 Å². The first-order valence-electron chi connectivity index (χ1n) is 6.73. The second-order valence-corrected chi connectivity index (χ2v) is 6.89. The van der Waals surface area contributed by atoms with Crippen molar-refractivity contribution in [3.8, 4) is 0 Å². The number of hydrogen-bond acceptors (Lipinski definition) is 3. The maximum absolute atomic E-state index is 11.8. The van der Waals surface area contributed by atoms with E-state index in [1.165, 1.54) is 6.21 Å². The van der Waals surface area contributed by atoms with Gasteiger partial charge in [0.05, 0.1) is 18.4 Å². The number of hydrogen-bond donors (Lipinski definition) is 2. The van der Waals surface area contributed by atoms with Gasteiger partial charge in [-0.15, -0.1) is 0 Å². The minimum Gasteiger partial charge on any atom is -0.374 e. The molecule has 0 aliphatic rings. The standard InChI is InChI=1S/C16H14Br2ClN3O/c1-10-6-12(17)16(13(18)7-10)20-9-15(23)22-21-8-11-4-2-3-5-14(11)19/h2-8,20H,9H2,1H3,(H,22,23). The summed E-state index contributed by atoms with van der Waals surface area (Å²) in [5.74, 6) is -0.257. The Morgan fingerprint density at radius 2 is 1.91 bits per heavy atom. The molecule has 2 rings (SSSR count). The predicted octanol–water partition coefficient (Wildman–Crippen LogP) is 4.74. The van der Waals surface area contributed by atoms with Gasteiger partial charge in [0.25, 0.3) is 5.91 Å². The molecule has 0 heterocycles. The molecule has 2 aromatic rings. The number of hydrazone groups is 1. The molecule has 0 aromatic heterocycles. The van der Waals surface area contributed by atoms with Gasteiger partial charge in [-0.25, -0.2) is 5.43 Å². The van der Waals surface area contributed by atoms with Crippen LogP contribution in [0.2, 0.25) is 5.02 Å². The van der Waals surface area contributed by atoms with Crippen LogP contribution in [0.4, 0.5) is 5.69 Å². The van der Waals surface area contributed by atoms with Gasteiger partial charge in [0, 0.05) is 19.5 Å². The van der Waals surface area contributed by atoms with Crippen molar-refractivity contribution in [3.63, 3.8) is 0 Å². The third-order valence-electron chi connectivity index (χ3n) is 2.91. The van der Waals surface area contributed by atoms with E-state index < -0.39 is 0 Å². The van der Waals surface area contributed by atoms with Crippen LogP contribution in [-0.4, -0.2) is 18.7 Å². The highest BCUT2D eigenvalue weighted by molar-refractivity contribution is 9.11. The summed E-state index contributed by atoms with van der Waals surface area (Å²) in [5, 5.41) is 7.54. The van der Waals surface area contributed by atoms with Crippen LogP contribution < -0.4 is 10.7 Å². The lowest BCUT2D eigenvalue weighted by Gasteiger charge is -2.11. The van der Waals surface area contributed by atoms with Gasteiger partial charge in [0.2, 0.25) is 0 Å². The van der Waals surface area contributed by atoms with Crippen molar-refractivity contribution in [3.05, 3.63) is 61.5 Å². The number of anilines is 1. The fraction of sp³-hybridized carbons (Fsp3) is 0.125. The normalized spacial score (nSPS) is 10.8. The van der Waals surface area contributed by atoms with Gasteiger partial charge in [-0.3, -0.25) is 4.79 Å². The molecule has 0 bridgehead atoms. The van der Waals surface area contributed by atoms with Crippen LogP contribution in [0, 0.1) is 6.92 Å². The second kappa shape index (κ2) is 8.47. The topological polar surface area (TPSA) is 53.5 Å². The first-order valence-corrected chi connectivity index (χ1v) is 8.69. The van der Waals surface area contributed by atoms with Gasteiger partial charge in [0.1, 0.15) is 0 Å². The van der Waals surface area contributed by atoms with Crippen LogP contribution >= 0.6 is 43.5 Å². The third-order valence-corrected chi connectivity index (χ3v) is 4.51. The van der Waals surface area contributed by atoms with Gasteiger partial charge in [0.15, 0.2) is 0 Å². The molecule has 0 fully saturated rings. The Hall–Kier alpha value is -1.37. The molecular weight excluding hydrogens is 445 g/mol. The molecule has 2 N–H and O–H groups in total. The van der Waals surface area contributed by atoms with E-state index in [0.29, 0.717) is 5.02 Å². The molecule has 0 radical (unpaired) electrons. The minimum absolute atomic E-state index is 0.0973. The average Bonchev–Trinajstić information content (AvgIpc) is 2.48. The molecular formula is C16H14Br2ClN3O. The van der Waals surface area contributed by atoms with Crippen LogP contribution in [0.3, 0.4) is 0 Å². The molecule has 0 aliphatic carbocycles. The van der Waals surface area contributed by atoms with Gasteiger partial charge < -0.3 is 5.32 Å². The van der Waals surface area contributed by atoms with E-state index in [2.05, 4.69) is 47.7 Å². The summed E-state index contributed by atoms with van der Waals surface area (Å²) in [7, 11) is 0. The number of nitrogens with one attached hydrogen (secondary N) is 2. The van der Waals surface area contributed by atoms with Crippen molar-refractivity contribution in [1.82, 2.24) is 5.43 Å². The number of rotatable bonds is 5. The molecule has 23 heavy (non-hydrogen) atoms. The van der Waals surface area contributed by atoms with Crippen molar-refractivity contribution >= 4 is 61.3 Å².